The molecular formula is C44H59F2N5O4Si. The van der Waals surface area contributed by atoms with Gasteiger partial charge in [-0.3, -0.25) is 9.88 Å². The summed E-state index contributed by atoms with van der Waals surface area (Å²) in [5, 5.41) is 12.0. The minimum absolute atomic E-state index is 0.0920. The summed E-state index contributed by atoms with van der Waals surface area (Å²) in [5.41, 5.74) is 1.73. The summed E-state index contributed by atoms with van der Waals surface area (Å²) in [6.07, 6.45) is 8.82. The van der Waals surface area contributed by atoms with Crippen LogP contribution in [0.15, 0.2) is 30.5 Å². The lowest BCUT2D eigenvalue weighted by molar-refractivity contribution is -0.151. The number of aliphatic hydroxyl groups is 1. The second kappa shape index (κ2) is 15.0. The maximum atomic E-state index is 17.7. The lowest BCUT2D eigenvalue weighted by Gasteiger charge is -2.48. The molecule has 9 nitrogen and oxygen atoms in total. The van der Waals surface area contributed by atoms with Gasteiger partial charge >= 0.3 is 6.01 Å². The van der Waals surface area contributed by atoms with Gasteiger partial charge < -0.3 is 23.9 Å². The largest absolute Gasteiger partial charge is 0.543 e. The van der Waals surface area contributed by atoms with E-state index in [1.807, 2.05) is 19.1 Å². The van der Waals surface area contributed by atoms with Crippen molar-refractivity contribution < 1.29 is 27.8 Å². The zero-order chi connectivity index (χ0) is 39.6. The first-order chi connectivity index (χ1) is 26.8. The molecule has 3 atom stereocenters. The molecule has 4 aliphatic rings. The number of pyridine rings is 1. The number of hydrogen-bond donors (Lipinski definition) is 1. The van der Waals surface area contributed by atoms with Gasteiger partial charge in [-0.05, 0) is 103 Å². The molecule has 12 heteroatoms. The number of piperidine rings is 1. The molecule has 302 valence electrons. The Hall–Kier alpha value is -3.45. The molecule has 0 saturated carbocycles. The van der Waals surface area contributed by atoms with Gasteiger partial charge in [-0.15, -0.1) is 0 Å². The van der Waals surface area contributed by atoms with E-state index < -0.39 is 14.1 Å². The quantitative estimate of drug-likeness (QED) is 0.141. The minimum Gasteiger partial charge on any atom is -0.543 e. The van der Waals surface area contributed by atoms with Crippen LogP contribution in [-0.4, -0.2) is 89.9 Å². The number of rotatable bonds is 12. The number of halogens is 2. The summed E-state index contributed by atoms with van der Waals surface area (Å²) in [6.45, 7) is 18.9. The Bertz CT molecular complexity index is 2090. The first-order valence-electron chi connectivity index (χ1n) is 21.1. The summed E-state index contributed by atoms with van der Waals surface area (Å²) in [7, 11) is -2.41. The van der Waals surface area contributed by atoms with Gasteiger partial charge in [0.05, 0.1) is 29.7 Å². The molecular weight excluding hydrogens is 729 g/mol. The van der Waals surface area contributed by atoms with Crippen LogP contribution in [0, 0.1) is 11.6 Å². The molecule has 2 aromatic heterocycles. The molecule has 6 heterocycles. The standard InChI is InChI=1S/C44H59F2N5O4Si/c1-8-33-36(45)12-11-30-21-32(55-56(27(2)3,28(4)5)29(6)7)22-34(37(30)33)39-38(46)40-35(23-47-39)41(50-18-10-15-44(25-50)17-20-54-44)49-42(48-40)53-26-43-14-9-19-51(43)31(24-52)13-16-43/h11-12,21-23,27-29,31,52H,8-10,13-20,24-26H2,1-7H3/t31-,43-,44+/m1/s1. The van der Waals surface area contributed by atoms with Crippen molar-refractivity contribution in [1.82, 2.24) is 19.9 Å². The number of aryl methyl sites for hydroxylation is 1. The van der Waals surface area contributed by atoms with Crippen LogP contribution < -0.4 is 14.1 Å². The molecule has 0 bridgehead atoms. The van der Waals surface area contributed by atoms with E-state index in [9.17, 15) is 5.11 Å². The average molecular weight is 788 g/mol. The van der Waals surface area contributed by atoms with Crippen LogP contribution in [0.25, 0.3) is 32.9 Å². The van der Waals surface area contributed by atoms with Crippen molar-refractivity contribution in [3.8, 4) is 23.0 Å². The van der Waals surface area contributed by atoms with E-state index >= 15 is 8.78 Å². The highest BCUT2D eigenvalue weighted by Crippen LogP contribution is 2.47. The van der Waals surface area contributed by atoms with Gasteiger partial charge in [0.1, 0.15) is 35.2 Å². The summed E-state index contributed by atoms with van der Waals surface area (Å²) in [4.78, 5) is 19.2. The van der Waals surface area contributed by atoms with Crippen molar-refractivity contribution in [1.29, 1.82) is 0 Å². The molecule has 1 N–H and O–H groups in total. The van der Waals surface area contributed by atoms with Crippen LogP contribution in [0.1, 0.15) is 99.0 Å². The van der Waals surface area contributed by atoms with Gasteiger partial charge in [0, 0.05) is 37.3 Å². The first-order valence-corrected chi connectivity index (χ1v) is 23.2. The second-order valence-electron chi connectivity index (χ2n) is 17.9. The Morgan fingerprint density at radius 3 is 2.41 bits per heavy atom. The van der Waals surface area contributed by atoms with Crippen molar-refractivity contribution in [2.24, 2.45) is 0 Å². The van der Waals surface area contributed by atoms with Gasteiger partial charge in [0.25, 0.3) is 8.32 Å². The number of aliphatic hydroxyl groups excluding tert-OH is 1. The molecule has 56 heavy (non-hydrogen) atoms. The molecule has 1 spiro atoms. The fourth-order valence-corrected chi connectivity index (χ4v) is 16.4. The molecule has 2 aromatic carbocycles. The minimum atomic E-state index is -2.41. The van der Waals surface area contributed by atoms with Crippen molar-refractivity contribution in [2.45, 2.75) is 134 Å². The topological polar surface area (TPSA) is 93.1 Å². The average Bonchev–Trinajstić information content (AvgIpc) is 3.74. The number of anilines is 1. The highest BCUT2D eigenvalue weighted by atomic mass is 28.4. The molecule has 0 aliphatic carbocycles. The predicted octanol–water partition coefficient (Wildman–Crippen LogP) is 9.37. The Kier molecular flexibility index (Phi) is 10.6. The Labute approximate surface area is 331 Å². The maximum Gasteiger partial charge on any atom is 0.319 e. The predicted molar refractivity (Wildman–Crippen MR) is 220 cm³/mol. The van der Waals surface area contributed by atoms with E-state index in [2.05, 4.69) is 51.3 Å². The van der Waals surface area contributed by atoms with Crippen molar-refractivity contribution in [3.05, 3.63) is 47.7 Å². The molecule has 4 saturated heterocycles. The Morgan fingerprint density at radius 1 is 0.982 bits per heavy atom. The number of ether oxygens (including phenoxy) is 2. The summed E-state index contributed by atoms with van der Waals surface area (Å²) < 4.78 is 53.1. The van der Waals surface area contributed by atoms with Crippen LogP contribution >= 0.6 is 0 Å². The van der Waals surface area contributed by atoms with Gasteiger partial charge in [-0.2, -0.15) is 9.97 Å². The number of aromatic nitrogens is 3. The van der Waals surface area contributed by atoms with Crippen molar-refractivity contribution >= 4 is 35.8 Å². The number of benzene rings is 2. The SMILES string of the molecule is CCc1c(F)ccc2cc(O[Si](C(C)C)(C(C)C)C(C)C)cc(-c3ncc4c(N5CCC[C@]6(CCO6)C5)nc(OC[C@]56CCCN5[C@@H](CO)CC6)nc4c3F)c12. The van der Waals surface area contributed by atoms with Gasteiger partial charge in [-0.25, -0.2) is 8.78 Å². The first kappa shape index (κ1) is 39.4. The number of hydrogen-bond acceptors (Lipinski definition) is 9. The third-order valence-electron chi connectivity index (χ3n) is 13.9. The lowest BCUT2D eigenvalue weighted by Crippen LogP contribution is -2.56. The molecule has 0 amide bonds. The summed E-state index contributed by atoms with van der Waals surface area (Å²) in [5.74, 6) is 0.297. The fraction of sp³-hybridized carbons (Fsp3) is 0.614. The highest BCUT2D eigenvalue weighted by molar-refractivity contribution is 6.78. The third-order valence-corrected chi connectivity index (χ3v) is 19.9. The normalized spacial score (nSPS) is 24.3. The lowest BCUT2D eigenvalue weighted by atomic mass is 9.86. The molecule has 8 rings (SSSR count). The fourth-order valence-electron chi connectivity index (χ4n) is 11.1. The molecule has 4 fully saturated rings. The van der Waals surface area contributed by atoms with Crippen LogP contribution in [0.3, 0.4) is 0 Å². The van der Waals surface area contributed by atoms with Crippen LogP contribution in [0.2, 0.25) is 16.6 Å². The Morgan fingerprint density at radius 2 is 1.73 bits per heavy atom. The van der Waals surface area contributed by atoms with E-state index in [1.165, 1.54) is 6.07 Å². The monoisotopic (exact) mass is 787 g/mol. The third kappa shape index (κ3) is 6.46. The van der Waals surface area contributed by atoms with E-state index in [4.69, 9.17) is 28.9 Å². The molecule has 4 aromatic rings. The number of fused-ring (bicyclic) bond motifs is 3. The van der Waals surface area contributed by atoms with E-state index in [0.717, 1.165) is 70.0 Å². The van der Waals surface area contributed by atoms with Crippen LogP contribution in [0.4, 0.5) is 14.6 Å². The second-order valence-corrected chi connectivity index (χ2v) is 23.2. The maximum absolute atomic E-state index is 17.7. The van der Waals surface area contributed by atoms with E-state index in [0.29, 0.717) is 69.7 Å². The van der Waals surface area contributed by atoms with Gasteiger partial charge in [0.15, 0.2) is 5.82 Å². The van der Waals surface area contributed by atoms with Crippen LogP contribution in [-0.2, 0) is 11.2 Å². The van der Waals surface area contributed by atoms with Crippen LogP contribution in [0.5, 0.6) is 11.8 Å². The number of nitrogens with zero attached hydrogens (tertiary/aromatic N) is 5. The molecule has 0 radical (unpaired) electrons. The smallest absolute Gasteiger partial charge is 0.319 e. The van der Waals surface area contributed by atoms with Gasteiger partial charge in [0.2, 0.25) is 0 Å². The molecule has 4 aliphatic heterocycles. The van der Waals surface area contributed by atoms with E-state index in [-0.39, 0.29) is 46.8 Å². The zero-order valence-electron chi connectivity index (χ0n) is 34.3. The van der Waals surface area contributed by atoms with E-state index in [1.54, 1.807) is 12.3 Å². The van der Waals surface area contributed by atoms with Gasteiger partial charge in [-0.1, -0.05) is 54.5 Å². The molecule has 0 unspecified atom stereocenters. The van der Waals surface area contributed by atoms with Crippen molar-refractivity contribution in [2.75, 3.05) is 44.4 Å². The van der Waals surface area contributed by atoms with Crippen molar-refractivity contribution in [3.63, 3.8) is 0 Å². The zero-order valence-corrected chi connectivity index (χ0v) is 35.3. The summed E-state index contributed by atoms with van der Waals surface area (Å²) in [6, 6.07) is 7.36. The highest BCUT2D eigenvalue weighted by Gasteiger charge is 2.50. The Balaban J connectivity index is 1.28. The summed E-state index contributed by atoms with van der Waals surface area (Å²) >= 11 is 0.